The highest BCUT2D eigenvalue weighted by molar-refractivity contribution is 5.32. The van der Waals surface area contributed by atoms with Crippen molar-refractivity contribution in [2.45, 2.75) is 57.1 Å². The van der Waals surface area contributed by atoms with Crippen molar-refractivity contribution in [3.8, 4) is 0 Å². The lowest BCUT2D eigenvalue weighted by atomic mass is 9.98. The topological polar surface area (TPSA) is 61.3 Å². The van der Waals surface area contributed by atoms with E-state index in [9.17, 15) is 5.11 Å². The van der Waals surface area contributed by atoms with Gasteiger partial charge in [-0.25, -0.2) is 0 Å². The van der Waals surface area contributed by atoms with Gasteiger partial charge >= 0.3 is 0 Å². The maximum atomic E-state index is 10.3. The Morgan fingerprint density at radius 3 is 2.68 bits per heavy atom. The van der Waals surface area contributed by atoms with Crippen LogP contribution >= 0.6 is 0 Å². The molecule has 0 amide bonds. The lowest BCUT2D eigenvalue weighted by Crippen LogP contribution is -2.42. The molecule has 22 heavy (non-hydrogen) atoms. The van der Waals surface area contributed by atoms with Gasteiger partial charge in [0.05, 0.1) is 6.10 Å². The first-order valence-corrected chi connectivity index (χ1v) is 8.74. The van der Waals surface area contributed by atoms with Crippen molar-refractivity contribution in [1.82, 2.24) is 15.1 Å². The largest absolute Gasteiger partial charge is 0.392 e. The Labute approximate surface area is 133 Å². The number of hydrogen-bond donors (Lipinski definition) is 2. The molecule has 2 N–H and O–H groups in total. The van der Waals surface area contributed by atoms with Crippen molar-refractivity contribution < 1.29 is 5.11 Å². The summed E-state index contributed by atoms with van der Waals surface area (Å²) in [7, 11) is 0. The Hall–Kier alpha value is -1.20. The first-order chi connectivity index (χ1) is 10.8. The predicted molar refractivity (Wildman–Crippen MR) is 87.7 cm³/mol. The molecule has 0 spiro atoms. The molecule has 0 radical (unpaired) electrons. The molecule has 5 nitrogen and oxygen atoms in total. The van der Waals surface area contributed by atoms with E-state index in [0.717, 1.165) is 50.6 Å². The van der Waals surface area contributed by atoms with Crippen LogP contribution in [0, 0.1) is 5.92 Å². The lowest BCUT2D eigenvalue weighted by molar-refractivity contribution is 0.0805. The molecular weight excluding hydrogens is 276 g/mol. The number of aliphatic hydroxyl groups excluding tert-OH is 1. The van der Waals surface area contributed by atoms with Crippen LogP contribution in [0.1, 0.15) is 44.9 Å². The number of likely N-dealkylation sites (tertiary alicyclic amines) is 1. The van der Waals surface area contributed by atoms with Crippen LogP contribution < -0.4 is 5.32 Å². The maximum absolute atomic E-state index is 10.3. The molecule has 1 saturated heterocycles. The van der Waals surface area contributed by atoms with Crippen LogP contribution in [0.25, 0.3) is 0 Å². The van der Waals surface area contributed by atoms with Gasteiger partial charge in [0, 0.05) is 31.9 Å². The highest BCUT2D eigenvalue weighted by Crippen LogP contribution is 2.29. The average molecular weight is 304 g/mol. The Balaban J connectivity index is 1.36. The molecule has 2 heterocycles. The molecule has 2 fully saturated rings. The second-order valence-electron chi connectivity index (χ2n) is 6.87. The fourth-order valence-corrected chi connectivity index (χ4v) is 3.85. The van der Waals surface area contributed by atoms with Gasteiger partial charge in [0.2, 0.25) is 0 Å². The molecule has 0 bridgehead atoms. The summed E-state index contributed by atoms with van der Waals surface area (Å²) in [6.45, 7) is 2.95. The molecule has 1 aliphatic carbocycles. The van der Waals surface area contributed by atoms with E-state index < -0.39 is 0 Å². The smallest absolute Gasteiger partial charge is 0.148 e. The highest BCUT2D eigenvalue weighted by atomic mass is 16.3. The van der Waals surface area contributed by atoms with Crippen LogP contribution in [0.2, 0.25) is 0 Å². The van der Waals surface area contributed by atoms with Gasteiger partial charge in [-0.2, -0.15) is 5.10 Å². The van der Waals surface area contributed by atoms with Crippen molar-refractivity contribution in [2.24, 2.45) is 5.92 Å². The van der Waals surface area contributed by atoms with Crippen molar-refractivity contribution in [3.05, 3.63) is 18.3 Å². The highest BCUT2D eigenvalue weighted by Gasteiger charge is 2.23. The average Bonchev–Trinajstić information content (AvgIpc) is 3.03. The van der Waals surface area contributed by atoms with Gasteiger partial charge in [-0.05, 0) is 37.3 Å². The van der Waals surface area contributed by atoms with E-state index in [1.165, 1.54) is 25.7 Å². The molecule has 1 aromatic rings. The van der Waals surface area contributed by atoms with E-state index in [4.69, 9.17) is 0 Å². The second kappa shape index (κ2) is 7.88. The molecule has 5 heteroatoms. The van der Waals surface area contributed by atoms with Crippen LogP contribution in [-0.4, -0.2) is 52.0 Å². The van der Waals surface area contributed by atoms with Crippen LogP contribution in [0.3, 0.4) is 0 Å². The monoisotopic (exact) mass is 304 g/mol. The van der Waals surface area contributed by atoms with Crippen molar-refractivity contribution in [2.75, 3.05) is 25.0 Å². The number of anilines is 1. The number of nitrogens with zero attached hydrogens (tertiary/aromatic N) is 3. The van der Waals surface area contributed by atoms with Gasteiger partial charge in [-0.3, -0.25) is 0 Å². The number of aromatic nitrogens is 2. The summed E-state index contributed by atoms with van der Waals surface area (Å²) in [5.41, 5.74) is 0. The molecule has 1 atom stereocenters. The molecule has 1 saturated carbocycles. The number of hydrogen-bond acceptors (Lipinski definition) is 5. The Morgan fingerprint density at radius 1 is 1.23 bits per heavy atom. The number of rotatable bonds is 6. The summed E-state index contributed by atoms with van der Waals surface area (Å²) in [4.78, 5) is 2.41. The zero-order chi connectivity index (χ0) is 15.2. The van der Waals surface area contributed by atoms with E-state index in [0.29, 0.717) is 6.04 Å². The summed E-state index contributed by atoms with van der Waals surface area (Å²) in [6.07, 6.45) is 10.1. The fourth-order valence-electron chi connectivity index (χ4n) is 3.85. The van der Waals surface area contributed by atoms with Crippen molar-refractivity contribution in [1.29, 1.82) is 0 Å². The van der Waals surface area contributed by atoms with Gasteiger partial charge in [0.25, 0.3) is 0 Å². The quantitative estimate of drug-likeness (QED) is 0.844. The van der Waals surface area contributed by atoms with Crippen LogP contribution in [-0.2, 0) is 0 Å². The van der Waals surface area contributed by atoms with Gasteiger partial charge in [0.15, 0.2) is 0 Å². The summed E-state index contributed by atoms with van der Waals surface area (Å²) in [5, 5.41) is 21.7. The summed E-state index contributed by atoms with van der Waals surface area (Å²) in [6, 6.07) is 4.34. The number of piperidine rings is 1. The minimum absolute atomic E-state index is 0.146. The minimum Gasteiger partial charge on any atom is -0.392 e. The molecule has 122 valence electrons. The van der Waals surface area contributed by atoms with Crippen molar-refractivity contribution >= 4 is 5.82 Å². The Kier molecular flexibility index (Phi) is 5.62. The zero-order valence-electron chi connectivity index (χ0n) is 13.3. The van der Waals surface area contributed by atoms with Crippen molar-refractivity contribution in [3.63, 3.8) is 0 Å². The minimum atomic E-state index is -0.146. The van der Waals surface area contributed by atoms with Crippen LogP contribution in [0.5, 0.6) is 0 Å². The first kappa shape index (κ1) is 15.7. The molecule has 1 aromatic heterocycles. The number of nitrogens with one attached hydrogen (secondary N) is 1. The number of aliphatic hydroxyl groups is 1. The van der Waals surface area contributed by atoms with Crippen LogP contribution in [0.4, 0.5) is 5.82 Å². The first-order valence-electron chi connectivity index (χ1n) is 8.74. The third kappa shape index (κ3) is 4.65. The van der Waals surface area contributed by atoms with E-state index in [1.807, 2.05) is 12.1 Å². The van der Waals surface area contributed by atoms with E-state index >= 15 is 0 Å². The van der Waals surface area contributed by atoms with E-state index in [2.05, 4.69) is 20.4 Å². The summed E-state index contributed by atoms with van der Waals surface area (Å²) in [5.74, 6) is 1.63. The molecular formula is C17H28N4O. The maximum Gasteiger partial charge on any atom is 0.148 e. The molecule has 0 aromatic carbocycles. The summed E-state index contributed by atoms with van der Waals surface area (Å²) < 4.78 is 0. The van der Waals surface area contributed by atoms with Crippen LogP contribution in [0.15, 0.2) is 18.3 Å². The lowest BCUT2D eigenvalue weighted by Gasteiger charge is -2.34. The third-order valence-electron chi connectivity index (χ3n) is 5.06. The third-order valence-corrected chi connectivity index (χ3v) is 5.06. The standard InChI is InChI=1S/C17H28N4O/c22-16(12-14-4-1-2-5-14)13-21-10-7-15(8-11-21)19-17-6-3-9-18-20-17/h3,6,9,14-16,22H,1-2,4-5,7-8,10-13H2,(H,19,20). The Morgan fingerprint density at radius 2 is 2.00 bits per heavy atom. The second-order valence-corrected chi connectivity index (χ2v) is 6.87. The fraction of sp³-hybridized carbons (Fsp3) is 0.765. The molecule has 1 unspecified atom stereocenters. The Bertz CT molecular complexity index is 428. The predicted octanol–water partition coefficient (Wildman–Crippen LogP) is 2.29. The van der Waals surface area contributed by atoms with E-state index in [-0.39, 0.29) is 6.10 Å². The van der Waals surface area contributed by atoms with Gasteiger partial charge < -0.3 is 15.3 Å². The SMILES string of the molecule is OC(CC1CCCC1)CN1CCC(Nc2cccnn2)CC1. The zero-order valence-corrected chi connectivity index (χ0v) is 13.3. The normalized spacial score (nSPS) is 22.8. The van der Waals surface area contributed by atoms with Gasteiger partial charge in [-0.1, -0.05) is 25.7 Å². The molecule has 1 aliphatic heterocycles. The van der Waals surface area contributed by atoms with E-state index in [1.54, 1.807) is 6.20 Å². The summed E-state index contributed by atoms with van der Waals surface area (Å²) >= 11 is 0. The molecule has 3 rings (SSSR count). The van der Waals surface area contributed by atoms with Gasteiger partial charge in [-0.15, -0.1) is 5.10 Å². The molecule has 2 aliphatic rings. The number of β-amino-alcohol motifs (C(OH)–C–C–N with tert-alkyl or cyclic N) is 1. The van der Waals surface area contributed by atoms with Gasteiger partial charge in [0.1, 0.15) is 5.82 Å².